The third kappa shape index (κ3) is 5.14. The molecule has 0 bridgehead atoms. The van der Waals surface area contributed by atoms with Crippen molar-refractivity contribution in [3.05, 3.63) is 69.5 Å². The van der Waals surface area contributed by atoms with Crippen LogP contribution >= 0.6 is 23.8 Å². The fourth-order valence-corrected chi connectivity index (χ4v) is 3.56. The fourth-order valence-electron chi connectivity index (χ4n) is 3.10. The number of aryl methyl sites for hydroxylation is 1. The fraction of sp³-hybridized carbons (Fsp3) is 0.238. The van der Waals surface area contributed by atoms with Crippen molar-refractivity contribution in [3.8, 4) is 11.4 Å². The first-order chi connectivity index (χ1) is 14.4. The molecule has 0 aliphatic heterocycles. The van der Waals surface area contributed by atoms with E-state index in [1.165, 1.54) is 7.11 Å². The maximum atomic E-state index is 12.9. The Hall–Kier alpha value is -2.97. The van der Waals surface area contributed by atoms with Gasteiger partial charge in [-0.25, -0.2) is 0 Å². The topological polar surface area (TPSA) is 89.0 Å². The minimum Gasteiger partial charge on any atom is -0.469 e. The summed E-state index contributed by atoms with van der Waals surface area (Å²) in [4.78, 5) is 24.7. The lowest BCUT2D eigenvalue weighted by molar-refractivity contribution is -0.141. The third-order valence-corrected chi connectivity index (χ3v) is 5.21. The van der Waals surface area contributed by atoms with Crippen LogP contribution in [0.15, 0.2) is 48.5 Å². The quantitative estimate of drug-likeness (QED) is 0.425. The number of carbonyl (C=O) groups is 2. The molecular formula is C21H21ClN4O3S. The Morgan fingerprint density at radius 2 is 2.03 bits per heavy atom. The lowest BCUT2D eigenvalue weighted by atomic mass is 10.0. The highest BCUT2D eigenvalue weighted by Crippen LogP contribution is 2.26. The van der Waals surface area contributed by atoms with Gasteiger partial charge in [-0.05, 0) is 36.8 Å². The molecule has 1 atom stereocenters. The highest BCUT2D eigenvalue weighted by molar-refractivity contribution is 7.71. The Morgan fingerprint density at radius 1 is 1.27 bits per heavy atom. The summed E-state index contributed by atoms with van der Waals surface area (Å²) in [6, 6.07) is 14.1. The molecule has 2 aromatic carbocycles. The zero-order valence-corrected chi connectivity index (χ0v) is 18.1. The number of H-pyrrole nitrogens is 1. The molecule has 0 aliphatic rings. The van der Waals surface area contributed by atoms with Gasteiger partial charge in [-0.2, -0.15) is 5.10 Å². The number of aromatic amines is 1. The van der Waals surface area contributed by atoms with Crippen LogP contribution < -0.4 is 5.32 Å². The van der Waals surface area contributed by atoms with Gasteiger partial charge in [-0.15, -0.1) is 0 Å². The zero-order chi connectivity index (χ0) is 21.7. The number of benzene rings is 2. The van der Waals surface area contributed by atoms with Gasteiger partial charge in [0.1, 0.15) is 6.54 Å². The van der Waals surface area contributed by atoms with Gasteiger partial charge < -0.3 is 10.1 Å². The summed E-state index contributed by atoms with van der Waals surface area (Å²) in [5.41, 5.74) is 2.54. The maximum Gasteiger partial charge on any atom is 0.307 e. The number of hydrogen-bond donors (Lipinski definition) is 2. The number of esters is 1. The number of ether oxygens (including phenoxy) is 1. The van der Waals surface area contributed by atoms with Gasteiger partial charge in [-0.1, -0.05) is 53.6 Å². The van der Waals surface area contributed by atoms with E-state index in [2.05, 4.69) is 15.5 Å². The van der Waals surface area contributed by atoms with Crippen molar-refractivity contribution in [1.29, 1.82) is 0 Å². The van der Waals surface area contributed by atoms with Crippen LogP contribution in [0.4, 0.5) is 0 Å². The number of nitrogens with zero attached hydrogens (tertiary/aromatic N) is 2. The Kier molecular flexibility index (Phi) is 7.02. The highest BCUT2D eigenvalue weighted by atomic mass is 35.5. The van der Waals surface area contributed by atoms with E-state index in [-0.39, 0.29) is 18.9 Å². The summed E-state index contributed by atoms with van der Waals surface area (Å²) >= 11 is 11.6. The number of halogens is 1. The summed E-state index contributed by atoms with van der Waals surface area (Å²) in [6.07, 6.45) is -0.0481. The third-order valence-electron chi connectivity index (χ3n) is 4.55. The van der Waals surface area contributed by atoms with Crippen LogP contribution in [0.3, 0.4) is 0 Å². The zero-order valence-electron chi connectivity index (χ0n) is 16.5. The Balaban J connectivity index is 1.84. The molecule has 7 nitrogen and oxygen atoms in total. The standard InChI is InChI=1S/C21H21ClN4O3S/c1-13-6-5-7-14(10-13)20-24-25-21(30)26(20)12-18(27)23-17(11-19(28)29-2)15-8-3-4-9-16(15)22/h3-10,17H,11-12H2,1-2H3,(H,23,27)(H,25,30). The first-order valence-electron chi connectivity index (χ1n) is 9.22. The Morgan fingerprint density at radius 3 is 2.73 bits per heavy atom. The Labute approximate surface area is 184 Å². The van der Waals surface area contributed by atoms with Crippen molar-refractivity contribution in [3.63, 3.8) is 0 Å². The molecule has 3 aromatic rings. The molecule has 2 N–H and O–H groups in total. The van der Waals surface area contributed by atoms with E-state index in [0.717, 1.165) is 11.1 Å². The minimum atomic E-state index is -0.637. The molecule has 0 spiro atoms. The molecule has 0 radical (unpaired) electrons. The van der Waals surface area contributed by atoms with E-state index in [0.29, 0.717) is 21.2 Å². The van der Waals surface area contributed by atoms with Crippen molar-refractivity contribution in [2.24, 2.45) is 0 Å². The average molecular weight is 445 g/mol. The predicted octanol–water partition coefficient (Wildman–Crippen LogP) is 3.99. The van der Waals surface area contributed by atoms with Crippen molar-refractivity contribution >= 4 is 35.7 Å². The highest BCUT2D eigenvalue weighted by Gasteiger charge is 2.22. The second-order valence-corrected chi connectivity index (χ2v) is 7.52. The minimum absolute atomic E-state index is 0.0481. The van der Waals surface area contributed by atoms with Crippen LogP contribution in [0.25, 0.3) is 11.4 Å². The number of amides is 1. The number of nitrogens with one attached hydrogen (secondary N) is 2. The largest absolute Gasteiger partial charge is 0.469 e. The van der Waals surface area contributed by atoms with Crippen LogP contribution in [-0.2, 0) is 20.9 Å². The van der Waals surface area contributed by atoms with Gasteiger partial charge in [0.2, 0.25) is 5.91 Å². The van der Waals surface area contributed by atoms with Crippen molar-refractivity contribution in [2.45, 2.75) is 25.9 Å². The molecule has 1 heterocycles. The van der Waals surface area contributed by atoms with Crippen LogP contribution in [0.2, 0.25) is 5.02 Å². The van der Waals surface area contributed by atoms with Crippen molar-refractivity contribution in [1.82, 2.24) is 20.1 Å². The summed E-state index contributed by atoms with van der Waals surface area (Å²) in [5.74, 6) is -0.239. The lowest BCUT2D eigenvalue weighted by Crippen LogP contribution is -2.33. The number of carbonyl (C=O) groups excluding carboxylic acids is 2. The molecular weight excluding hydrogens is 424 g/mol. The number of hydrogen-bond acceptors (Lipinski definition) is 5. The van der Waals surface area contributed by atoms with E-state index in [9.17, 15) is 9.59 Å². The molecule has 0 aliphatic carbocycles. The van der Waals surface area contributed by atoms with E-state index in [1.807, 2.05) is 31.2 Å². The smallest absolute Gasteiger partial charge is 0.307 e. The summed E-state index contributed by atoms with van der Waals surface area (Å²) in [6.45, 7) is 1.91. The van der Waals surface area contributed by atoms with Gasteiger partial charge >= 0.3 is 5.97 Å². The first-order valence-corrected chi connectivity index (χ1v) is 10.0. The van der Waals surface area contributed by atoms with Crippen LogP contribution in [0, 0.1) is 11.7 Å². The Bertz CT molecular complexity index is 1130. The molecule has 0 fully saturated rings. The van der Waals surface area contributed by atoms with E-state index < -0.39 is 12.0 Å². The van der Waals surface area contributed by atoms with Gasteiger partial charge in [0, 0.05) is 10.6 Å². The number of aromatic nitrogens is 3. The summed E-state index contributed by atoms with van der Waals surface area (Å²) in [7, 11) is 1.30. The summed E-state index contributed by atoms with van der Waals surface area (Å²) < 4.78 is 6.70. The van der Waals surface area contributed by atoms with Crippen molar-refractivity contribution < 1.29 is 14.3 Å². The van der Waals surface area contributed by atoms with E-state index >= 15 is 0 Å². The van der Waals surface area contributed by atoms with Crippen LogP contribution in [0.1, 0.15) is 23.6 Å². The lowest BCUT2D eigenvalue weighted by Gasteiger charge is -2.20. The summed E-state index contributed by atoms with van der Waals surface area (Å²) in [5, 5.41) is 10.3. The molecule has 1 unspecified atom stereocenters. The van der Waals surface area contributed by atoms with Gasteiger partial charge in [0.25, 0.3) is 0 Å². The molecule has 0 saturated carbocycles. The molecule has 1 amide bonds. The van der Waals surface area contributed by atoms with E-state index in [4.69, 9.17) is 28.6 Å². The van der Waals surface area contributed by atoms with E-state index in [1.54, 1.807) is 28.8 Å². The maximum absolute atomic E-state index is 12.9. The molecule has 1 aromatic heterocycles. The molecule has 3 rings (SSSR count). The SMILES string of the molecule is COC(=O)CC(NC(=O)Cn1c(-c2cccc(C)c2)n[nH]c1=S)c1ccccc1Cl. The first kappa shape index (κ1) is 21.7. The number of rotatable bonds is 7. The molecule has 0 saturated heterocycles. The molecule has 30 heavy (non-hydrogen) atoms. The van der Waals surface area contributed by atoms with Gasteiger partial charge in [-0.3, -0.25) is 19.3 Å². The van der Waals surface area contributed by atoms with Gasteiger partial charge in [0.05, 0.1) is 19.6 Å². The number of methoxy groups -OCH3 is 1. The second kappa shape index (κ2) is 9.69. The van der Waals surface area contributed by atoms with Gasteiger partial charge in [0.15, 0.2) is 10.6 Å². The second-order valence-electron chi connectivity index (χ2n) is 6.73. The normalized spacial score (nSPS) is 11.7. The predicted molar refractivity (Wildman–Crippen MR) is 117 cm³/mol. The monoisotopic (exact) mass is 444 g/mol. The molecule has 156 valence electrons. The van der Waals surface area contributed by atoms with Crippen LogP contribution in [-0.4, -0.2) is 33.8 Å². The average Bonchev–Trinajstić information content (AvgIpc) is 3.08. The molecule has 9 heteroatoms. The van der Waals surface area contributed by atoms with Crippen LogP contribution in [0.5, 0.6) is 0 Å². The van der Waals surface area contributed by atoms with Crippen molar-refractivity contribution in [2.75, 3.05) is 7.11 Å².